The first-order valence-corrected chi connectivity index (χ1v) is 18.4. The second-order valence-electron chi connectivity index (χ2n) is 14.4. The fourth-order valence-corrected chi connectivity index (χ4v) is 8.72. The molecule has 53 heavy (non-hydrogen) atoms. The molecule has 3 heterocycles. The van der Waals surface area contributed by atoms with Crippen molar-refractivity contribution in [3.05, 3.63) is 187 Å². The number of nitrogens with zero attached hydrogens (tertiary/aromatic N) is 3. The van der Waals surface area contributed by atoms with Gasteiger partial charge in [-0.1, -0.05) is 90.0 Å². The molecule has 0 fully saturated rings. The largest absolute Gasteiger partial charge is 0.309 e. The molecule has 0 saturated carbocycles. The molecule has 0 radical (unpaired) electrons. The molecule has 0 amide bonds. The minimum absolute atomic E-state index is 1.15. The monoisotopic (exact) mass is 677 g/mol. The maximum absolute atomic E-state index is 2.42. The van der Waals surface area contributed by atoms with Crippen LogP contribution in [0.4, 0.5) is 0 Å². The van der Waals surface area contributed by atoms with Crippen LogP contribution in [0.3, 0.4) is 0 Å². The fraction of sp³-hybridized carbons (Fsp3) is 0.0400. The Morgan fingerprint density at radius 2 is 0.604 bits per heavy atom. The molecule has 0 bridgehead atoms. The molecular weight excluding hydrogens is 643 g/mol. The zero-order chi connectivity index (χ0) is 35.2. The molecule has 3 nitrogen and oxygen atoms in total. The third kappa shape index (κ3) is 4.47. The lowest BCUT2D eigenvalue weighted by Gasteiger charge is -2.12. The van der Waals surface area contributed by atoms with Gasteiger partial charge in [-0.3, -0.25) is 0 Å². The fourth-order valence-electron chi connectivity index (χ4n) is 8.72. The highest BCUT2D eigenvalue weighted by atomic mass is 15.0. The van der Waals surface area contributed by atoms with Gasteiger partial charge in [0.05, 0.1) is 33.1 Å². The molecule has 0 N–H and O–H groups in total. The van der Waals surface area contributed by atoms with E-state index in [4.69, 9.17) is 0 Å². The molecule has 0 aliphatic heterocycles. The smallest absolute Gasteiger partial charge is 0.0541 e. The predicted octanol–water partition coefficient (Wildman–Crippen LogP) is 13.3. The van der Waals surface area contributed by atoms with E-state index in [1.165, 1.54) is 93.4 Å². The zero-order valence-corrected chi connectivity index (χ0v) is 29.6. The van der Waals surface area contributed by atoms with Crippen molar-refractivity contribution < 1.29 is 0 Å². The first kappa shape index (κ1) is 29.8. The van der Waals surface area contributed by atoms with E-state index in [0.29, 0.717) is 0 Å². The standard InChI is InChI=1S/C50H35N3/c1-32-16-24-47-41(28-32)43-30-34(18-26-49(43)51(47)36-10-4-3-5-11-36)35-19-27-50-44(31-35)42-29-33(2)17-25-48(42)53(50)38-22-20-37(21-23-38)52-45-14-8-6-12-39(45)40-13-7-9-15-46(40)52/h3-31H,1-2H3. The molecular formula is C50H35N3. The lowest BCUT2D eigenvalue weighted by Crippen LogP contribution is -1.97. The van der Waals surface area contributed by atoms with Gasteiger partial charge in [0.1, 0.15) is 0 Å². The third-order valence-electron chi connectivity index (χ3n) is 11.1. The van der Waals surface area contributed by atoms with Crippen molar-refractivity contribution in [3.63, 3.8) is 0 Å². The molecule has 0 saturated heterocycles. The molecule has 0 aliphatic carbocycles. The van der Waals surface area contributed by atoms with Crippen molar-refractivity contribution in [2.24, 2.45) is 0 Å². The predicted molar refractivity (Wildman–Crippen MR) is 224 cm³/mol. The summed E-state index contributed by atoms with van der Waals surface area (Å²) in [7, 11) is 0. The minimum atomic E-state index is 1.15. The molecule has 0 aliphatic rings. The highest BCUT2D eigenvalue weighted by molar-refractivity contribution is 6.13. The van der Waals surface area contributed by atoms with Crippen molar-refractivity contribution in [3.8, 4) is 28.2 Å². The summed E-state index contributed by atoms with van der Waals surface area (Å²) in [5, 5.41) is 7.63. The Balaban J connectivity index is 1.07. The number of para-hydroxylation sites is 3. The lowest BCUT2D eigenvalue weighted by atomic mass is 10.00. The molecule has 3 heteroatoms. The van der Waals surface area contributed by atoms with Crippen molar-refractivity contribution >= 4 is 65.4 Å². The van der Waals surface area contributed by atoms with Crippen molar-refractivity contribution in [2.45, 2.75) is 13.8 Å². The van der Waals surface area contributed by atoms with Gasteiger partial charge in [0.25, 0.3) is 0 Å². The molecule has 3 aromatic heterocycles. The highest BCUT2D eigenvalue weighted by Gasteiger charge is 2.17. The van der Waals surface area contributed by atoms with E-state index >= 15 is 0 Å². The maximum atomic E-state index is 2.42. The van der Waals surface area contributed by atoms with Crippen molar-refractivity contribution in [1.29, 1.82) is 0 Å². The molecule has 8 aromatic carbocycles. The summed E-state index contributed by atoms with van der Waals surface area (Å²) in [5.41, 5.74) is 15.8. The SMILES string of the molecule is Cc1ccc2c(c1)c1cc(-c3ccc4c(c3)c3cc(C)ccc3n4-c3ccc(-n4c5ccccc5c5ccccc54)cc3)ccc1n2-c1ccccc1. The number of benzene rings is 8. The van der Waals surface area contributed by atoms with Gasteiger partial charge in [0.15, 0.2) is 0 Å². The zero-order valence-electron chi connectivity index (χ0n) is 29.6. The Morgan fingerprint density at radius 3 is 1.06 bits per heavy atom. The van der Waals surface area contributed by atoms with Crippen LogP contribution in [-0.2, 0) is 0 Å². The summed E-state index contributed by atoms with van der Waals surface area (Å²) in [6, 6.07) is 64.7. The number of fused-ring (bicyclic) bond motifs is 9. The summed E-state index contributed by atoms with van der Waals surface area (Å²) in [5.74, 6) is 0. The highest BCUT2D eigenvalue weighted by Crippen LogP contribution is 2.39. The van der Waals surface area contributed by atoms with Crippen LogP contribution in [0.1, 0.15) is 11.1 Å². The summed E-state index contributed by atoms with van der Waals surface area (Å²) in [4.78, 5) is 0. The second kappa shape index (κ2) is 11.3. The van der Waals surface area contributed by atoms with Crippen LogP contribution in [0.25, 0.3) is 93.6 Å². The molecule has 250 valence electrons. The van der Waals surface area contributed by atoms with E-state index in [1.54, 1.807) is 0 Å². The number of aryl methyl sites for hydroxylation is 2. The van der Waals surface area contributed by atoms with Crippen LogP contribution >= 0.6 is 0 Å². The van der Waals surface area contributed by atoms with E-state index in [2.05, 4.69) is 203 Å². The summed E-state index contributed by atoms with van der Waals surface area (Å²) in [6.07, 6.45) is 0. The first-order chi connectivity index (χ1) is 26.1. The number of aromatic nitrogens is 3. The van der Waals surface area contributed by atoms with Crippen molar-refractivity contribution in [1.82, 2.24) is 13.7 Å². The van der Waals surface area contributed by atoms with Crippen LogP contribution in [0, 0.1) is 13.8 Å². The van der Waals surface area contributed by atoms with Gasteiger partial charge in [-0.2, -0.15) is 0 Å². The molecule has 0 unspecified atom stereocenters. The minimum Gasteiger partial charge on any atom is -0.309 e. The Labute approximate surface area is 307 Å². The normalized spacial score (nSPS) is 12.0. The van der Waals surface area contributed by atoms with E-state index < -0.39 is 0 Å². The maximum Gasteiger partial charge on any atom is 0.0541 e. The number of hydrogen-bond acceptors (Lipinski definition) is 0. The van der Waals surface area contributed by atoms with Gasteiger partial charge >= 0.3 is 0 Å². The van der Waals surface area contributed by atoms with Gasteiger partial charge in [0.2, 0.25) is 0 Å². The summed E-state index contributed by atoms with van der Waals surface area (Å²) in [6.45, 7) is 4.37. The molecule has 0 atom stereocenters. The number of rotatable bonds is 4. The molecule has 11 aromatic rings. The summed E-state index contributed by atoms with van der Waals surface area (Å²) < 4.78 is 7.19. The van der Waals surface area contributed by atoms with E-state index in [-0.39, 0.29) is 0 Å². The molecule has 11 rings (SSSR count). The average molecular weight is 678 g/mol. The quantitative estimate of drug-likeness (QED) is 0.176. The summed E-state index contributed by atoms with van der Waals surface area (Å²) >= 11 is 0. The number of hydrogen-bond donors (Lipinski definition) is 0. The van der Waals surface area contributed by atoms with E-state index in [9.17, 15) is 0 Å². The topological polar surface area (TPSA) is 14.8 Å². The van der Waals surface area contributed by atoms with Gasteiger partial charge in [0, 0.05) is 49.4 Å². The van der Waals surface area contributed by atoms with Crippen LogP contribution in [0.5, 0.6) is 0 Å². The Morgan fingerprint density at radius 1 is 0.264 bits per heavy atom. The second-order valence-corrected chi connectivity index (χ2v) is 14.4. The Kier molecular flexibility index (Phi) is 6.38. The van der Waals surface area contributed by atoms with E-state index in [0.717, 1.165) is 11.4 Å². The van der Waals surface area contributed by atoms with Gasteiger partial charge in [-0.25, -0.2) is 0 Å². The van der Waals surface area contributed by atoms with Gasteiger partial charge in [-0.15, -0.1) is 0 Å². The third-order valence-corrected chi connectivity index (χ3v) is 11.1. The molecule has 0 spiro atoms. The van der Waals surface area contributed by atoms with Crippen molar-refractivity contribution in [2.75, 3.05) is 0 Å². The van der Waals surface area contributed by atoms with Gasteiger partial charge in [-0.05, 0) is 122 Å². The van der Waals surface area contributed by atoms with Gasteiger partial charge < -0.3 is 13.7 Å². The Hall–Kier alpha value is -6.84. The van der Waals surface area contributed by atoms with Crippen LogP contribution in [0.15, 0.2) is 176 Å². The van der Waals surface area contributed by atoms with Crippen LogP contribution < -0.4 is 0 Å². The first-order valence-electron chi connectivity index (χ1n) is 18.4. The van der Waals surface area contributed by atoms with Crippen LogP contribution in [0.2, 0.25) is 0 Å². The Bertz CT molecular complexity index is 3170. The average Bonchev–Trinajstić information content (AvgIpc) is 3.83. The lowest BCUT2D eigenvalue weighted by molar-refractivity contribution is 1.14. The van der Waals surface area contributed by atoms with E-state index in [1.807, 2.05) is 0 Å². The van der Waals surface area contributed by atoms with Crippen LogP contribution in [-0.4, -0.2) is 13.7 Å².